The number of nitrogens with zero attached hydrogens (tertiary/aromatic N) is 1. The lowest BCUT2D eigenvalue weighted by Crippen LogP contribution is -2.48. The highest BCUT2D eigenvalue weighted by Crippen LogP contribution is 2.15. The zero-order chi connectivity index (χ0) is 12.8. The van der Waals surface area contributed by atoms with Crippen LogP contribution < -0.4 is 10.6 Å². The van der Waals surface area contributed by atoms with Gasteiger partial charge in [0.2, 0.25) is 5.91 Å². The fourth-order valence-electron chi connectivity index (χ4n) is 2.82. The van der Waals surface area contributed by atoms with Gasteiger partial charge in [-0.2, -0.15) is 0 Å². The summed E-state index contributed by atoms with van der Waals surface area (Å²) >= 11 is 0. The number of piperidine rings is 2. The highest BCUT2D eigenvalue weighted by atomic mass is 35.5. The average molecular weight is 326 g/mol. The van der Waals surface area contributed by atoms with Gasteiger partial charge >= 0.3 is 0 Å². The van der Waals surface area contributed by atoms with Crippen molar-refractivity contribution in [3.8, 4) is 0 Å². The van der Waals surface area contributed by atoms with Crippen LogP contribution in [-0.4, -0.2) is 49.6 Å². The van der Waals surface area contributed by atoms with E-state index >= 15 is 0 Å². The molecule has 2 aliphatic heterocycles. The first-order chi connectivity index (χ1) is 8.75. The smallest absolute Gasteiger partial charge is 0.237 e. The molecule has 2 rings (SSSR count). The van der Waals surface area contributed by atoms with E-state index in [2.05, 4.69) is 22.5 Å². The van der Waals surface area contributed by atoms with Crippen LogP contribution in [0.3, 0.4) is 0 Å². The Bertz CT molecular complexity index is 265. The topological polar surface area (TPSA) is 44.4 Å². The molecular formula is C14H29Cl2N3O. The minimum atomic E-state index is 0. The molecule has 0 aromatic rings. The van der Waals surface area contributed by atoms with Crippen molar-refractivity contribution in [3.05, 3.63) is 0 Å². The lowest BCUT2D eigenvalue weighted by molar-refractivity contribution is -0.123. The molecule has 2 fully saturated rings. The molecule has 2 saturated heterocycles. The Morgan fingerprint density at radius 2 is 1.90 bits per heavy atom. The van der Waals surface area contributed by atoms with E-state index in [1.54, 1.807) is 0 Å². The molecule has 0 spiro atoms. The van der Waals surface area contributed by atoms with E-state index in [-0.39, 0.29) is 36.8 Å². The molecule has 20 heavy (non-hydrogen) atoms. The Kier molecular flexibility index (Phi) is 10.6. The summed E-state index contributed by atoms with van der Waals surface area (Å²) in [5, 5.41) is 6.36. The first kappa shape index (κ1) is 20.0. The highest BCUT2D eigenvalue weighted by molar-refractivity contribution is 5.85. The minimum Gasteiger partial charge on any atom is -0.353 e. The number of carbonyl (C=O) groups excluding carboxylic acids is 1. The van der Waals surface area contributed by atoms with Gasteiger partial charge in [0.1, 0.15) is 0 Å². The Hall–Kier alpha value is -0.0300. The zero-order valence-corrected chi connectivity index (χ0v) is 14.0. The van der Waals surface area contributed by atoms with Crippen molar-refractivity contribution in [1.82, 2.24) is 15.5 Å². The third kappa shape index (κ3) is 6.61. The van der Waals surface area contributed by atoms with Gasteiger partial charge in [-0.1, -0.05) is 13.3 Å². The molecule has 0 aromatic carbocycles. The highest BCUT2D eigenvalue weighted by Gasteiger charge is 2.20. The first-order valence-corrected chi connectivity index (χ1v) is 7.49. The van der Waals surface area contributed by atoms with E-state index in [9.17, 15) is 4.79 Å². The molecule has 2 aliphatic rings. The molecular weight excluding hydrogens is 297 g/mol. The van der Waals surface area contributed by atoms with Gasteiger partial charge in [0, 0.05) is 13.1 Å². The Labute approximate surface area is 135 Å². The summed E-state index contributed by atoms with van der Waals surface area (Å²) in [5.41, 5.74) is 0. The fraction of sp³-hybridized carbons (Fsp3) is 0.929. The molecule has 0 bridgehead atoms. The van der Waals surface area contributed by atoms with Gasteiger partial charge in [0.25, 0.3) is 0 Å². The molecule has 0 aromatic heterocycles. The number of hydrogen-bond acceptors (Lipinski definition) is 3. The number of amides is 1. The second-order valence-corrected chi connectivity index (χ2v) is 5.82. The van der Waals surface area contributed by atoms with Gasteiger partial charge in [-0.25, -0.2) is 0 Å². The molecule has 0 radical (unpaired) electrons. The van der Waals surface area contributed by atoms with Crippen molar-refractivity contribution < 1.29 is 4.79 Å². The van der Waals surface area contributed by atoms with Gasteiger partial charge < -0.3 is 15.5 Å². The normalized spacial score (nSPS) is 24.4. The summed E-state index contributed by atoms with van der Waals surface area (Å²) in [6.07, 6.45) is 5.98. The summed E-state index contributed by atoms with van der Waals surface area (Å²) < 4.78 is 0. The quantitative estimate of drug-likeness (QED) is 0.828. The van der Waals surface area contributed by atoms with Crippen molar-refractivity contribution in [3.63, 3.8) is 0 Å². The molecule has 0 aliphatic carbocycles. The number of carbonyl (C=O) groups is 1. The van der Waals surface area contributed by atoms with Crippen LogP contribution in [0, 0.1) is 5.92 Å². The van der Waals surface area contributed by atoms with Crippen molar-refractivity contribution in [2.75, 3.05) is 32.7 Å². The third-order valence-corrected chi connectivity index (χ3v) is 4.23. The van der Waals surface area contributed by atoms with Crippen LogP contribution in [0.2, 0.25) is 0 Å². The number of nitrogens with one attached hydrogen (secondary N) is 2. The number of halogens is 2. The predicted octanol–water partition coefficient (Wildman–Crippen LogP) is 1.82. The van der Waals surface area contributed by atoms with E-state index in [0.717, 1.165) is 32.0 Å². The van der Waals surface area contributed by atoms with Crippen LogP contribution in [0.5, 0.6) is 0 Å². The van der Waals surface area contributed by atoms with Gasteiger partial charge in [-0.3, -0.25) is 4.79 Å². The van der Waals surface area contributed by atoms with Crippen molar-refractivity contribution in [1.29, 1.82) is 0 Å². The van der Waals surface area contributed by atoms with E-state index in [0.29, 0.717) is 0 Å². The van der Waals surface area contributed by atoms with Crippen molar-refractivity contribution in [2.45, 2.75) is 45.1 Å². The second-order valence-electron chi connectivity index (χ2n) is 5.82. The fourth-order valence-corrected chi connectivity index (χ4v) is 2.82. The van der Waals surface area contributed by atoms with E-state index in [1.165, 1.54) is 38.8 Å². The Balaban J connectivity index is 0.00000180. The lowest BCUT2D eigenvalue weighted by atomic mass is 9.99. The van der Waals surface area contributed by atoms with E-state index < -0.39 is 0 Å². The monoisotopic (exact) mass is 325 g/mol. The van der Waals surface area contributed by atoms with Crippen LogP contribution in [0.15, 0.2) is 0 Å². The lowest BCUT2D eigenvalue weighted by Gasteiger charge is -2.30. The summed E-state index contributed by atoms with van der Waals surface area (Å²) in [6.45, 7) is 7.50. The summed E-state index contributed by atoms with van der Waals surface area (Å²) in [6, 6.07) is 0.0557. The number of rotatable bonds is 4. The number of likely N-dealkylation sites (tertiary alicyclic amines) is 1. The third-order valence-electron chi connectivity index (χ3n) is 4.23. The molecule has 2 N–H and O–H groups in total. The minimum absolute atomic E-state index is 0. The van der Waals surface area contributed by atoms with Gasteiger partial charge in [-0.05, 0) is 51.2 Å². The maximum Gasteiger partial charge on any atom is 0.237 e. The van der Waals surface area contributed by atoms with Crippen molar-refractivity contribution in [2.24, 2.45) is 5.92 Å². The largest absolute Gasteiger partial charge is 0.353 e. The van der Waals surface area contributed by atoms with E-state index in [1.807, 2.05) is 0 Å². The zero-order valence-electron chi connectivity index (χ0n) is 12.4. The SMILES string of the molecule is CC1CCN(CCNC(=O)C2CCCCN2)CC1.Cl.Cl. The molecule has 2 heterocycles. The first-order valence-electron chi connectivity index (χ1n) is 7.49. The summed E-state index contributed by atoms with van der Waals surface area (Å²) in [7, 11) is 0. The van der Waals surface area contributed by atoms with Gasteiger partial charge in [-0.15, -0.1) is 24.8 Å². The van der Waals surface area contributed by atoms with Gasteiger partial charge in [0.05, 0.1) is 6.04 Å². The maximum atomic E-state index is 11.9. The second kappa shape index (κ2) is 10.7. The standard InChI is InChI=1S/C14H27N3O.2ClH/c1-12-5-9-17(10-6-12)11-8-16-14(18)13-4-2-3-7-15-13;;/h12-13,15H,2-11H2,1H3,(H,16,18);2*1H. The molecule has 0 saturated carbocycles. The molecule has 120 valence electrons. The molecule has 1 unspecified atom stereocenters. The molecule has 4 nitrogen and oxygen atoms in total. The van der Waals surface area contributed by atoms with Crippen LogP contribution in [-0.2, 0) is 4.79 Å². The molecule has 6 heteroatoms. The van der Waals surface area contributed by atoms with Gasteiger partial charge in [0.15, 0.2) is 0 Å². The average Bonchev–Trinajstić information content (AvgIpc) is 2.42. The predicted molar refractivity (Wildman–Crippen MR) is 88.0 cm³/mol. The molecule has 1 atom stereocenters. The number of hydrogen-bond donors (Lipinski definition) is 2. The van der Waals surface area contributed by atoms with Crippen LogP contribution in [0.1, 0.15) is 39.0 Å². The van der Waals surface area contributed by atoms with E-state index in [4.69, 9.17) is 0 Å². The summed E-state index contributed by atoms with van der Waals surface area (Å²) in [4.78, 5) is 14.4. The Morgan fingerprint density at radius 3 is 2.50 bits per heavy atom. The van der Waals surface area contributed by atoms with Crippen molar-refractivity contribution >= 4 is 30.7 Å². The maximum absolute atomic E-state index is 11.9. The molecule has 1 amide bonds. The van der Waals surface area contributed by atoms with Crippen LogP contribution >= 0.6 is 24.8 Å². The van der Waals surface area contributed by atoms with Crippen LogP contribution in [0.25, 0.3) is 0 Å². The van der Waals surface area contributed by atoms with Crippen LogP contribution in [0.4, 0.5) is 0 Å². The summed E-state index contributed by atoms with van der Waals surface area (Å²) in [5.74, 6) is 1.07. The Morgan fingerprint density at radius 1 is 1.20 bits per heavy atom.